The molecule has 0 bridgehead atoms. The van der Waals surface area contributed by atoms with E-state index in [2.05, 4.69) is 31.6 Å². The minimum atomic E-state index is 0.774. The van der Waals surface area contributed by atoms with Crippen molar-refractivity contribution >= 4 is 16.5 Å². The maximum atomic E-state index is 5.45. The van der Waals surface area contributed by atoms with E-state index in [4.69, 9.17) is 9.47 Å². The summed E-state index contributed by atoms with van der Waals surface area (Å²) in [5.74, 6) is 0.959. The monoisotopic (exact) mass is 384 g/mol. The molecule has 0 atom stereocenters. The summed E-state index contributed by atoms with van der Waals surface area (Å²) in [5, 5.41) is 1.06. The molecule has 3 heterocycles. The Morgan fingerprint density at radius 2 is 2.04 bits per heavy atom. The van der Waals surface area contributed by atoms with Crippen LogP contribution < -0.4 is 9.64 Å². The van der Waals surface area contributed by atoms with Crippen molar-refractivity contribution < 1.29 is 9.47 Å². The molecule has 142 valence electrons. The van der Waals surface area contributed by atoms with E-state index in [0.717, 1.165) is 67.1 Å². The molecule has 1 aliphatic rings. The summed E-state index contributed by atoms with van der Waals surface area (Å²) in [4.78, 5) is 12.4. The van der Waals surface area contributed by atoms with Gasteiger partial charge in [0.15, 0.2) is 5.13 Å². The van der Waals surface area contributed by atoms with Gasteiger partial charge in [-0.3, -0.25) is 0 Å². The van der Waals surface area contributed by atoms with Crippen molar-refractivity contribution in [1.82, 2.24) is 14.5 Å². The average Bonchev–Trinajstić information content (AvgIpc) is 3.38. The van der Waals surface area contributed by atoms with E-state index in [9.17, 15) is 0 Å². The molecule has 27 heavy (non-hydrogen) atoms. The quantitative estimate of drug-likeness (QED) is 0.624. The second kappa shape index (κ2) is 8.54. The van der Waals surface area contributed by atoms with Crippen LogP contribution >= 0.6 is 11.3 Å². The highest BCUT2D eigenvalue weighted by Crippen LogP contribution is 2.31. The molecule has 0 N–H and O–H groups in total. The summed E-state index contributed by atoms with van der Waals surface area (Å²) in [6.45, 7) is 4.28. The summed E-state index contributed by atoms with van der Waals surface area (Å²) >= 11 is 1.73. The Hall–Kier alpha value is -2.38. The average molecular weight is 385 g/mol. The van der Waals surface area contributed by atoms with Crippen molar-refractivity contribution in [2.75, 3.05) is 38.3 Å². The Balaban J connectivity index is 1.41. The van der Waals surface area contributed by atoms with Crippen LogP contribution in [0.4, 0.5) is 5.13 Å². The fourth-order valence-corrected chi connectivity index (χ4v) is 4.33. The molecule has 1 saturated heterocycles. The fourth-order valence-electron chi connectivity index (χ4n) is 3.34. The third kappa shape index (κ3) is 4.14. The van der Waals surface area contributed by atoms with Gasteiger partial charge in [0.05, 0.1) is 43.4 Å². The molecule has 1 aliphatic heterocycles. The first-order valence-corrected chi connectivity index (χ1v) is 10.1. The van der Waals surface area contributed by atoms with Crippen molar-refractivity contribution in [3.05, 3.63) is 48.5 Å². The van der Waals surface area contributed by atoms with Crippen LogP contribution in [0.3, 0.4) is 0 Å². The number of ether oxygens (including phenoxy) is 2. The number of hydrogen-bond acceptors (Lipinski definition) is 6. The zero-order valence-electron chi connectivity index (χ0n) is 15.5. The number of methoxy groups -OCH3 is 1. The lowest BCUT2D eigenvalue weighted by atomic mass is 10.1. The van der Waals surface area contributed by atoms with Crippen molar-refractivity contribution in [1.29, 1.82) is 0 Å². The number of benzene rings is 1. The van der Waals surface area contributed by atoms with Gasteiger partial charge in [-0.2, -0.15) is 0 Å². The lowest BCUT2D eigenvalue weighted by Gasteiger charge is -2.25. The smallest absolute Gasteiger partial charge is 0.186 e. The van der Waals surface area contributed by atoms with Crippen LogP contribution in [0.1, 0.15) is 12.0 Å². The Kier molecular flexibility index (Phi) is 5.69. The third-order valence-electron chi connectivity index (χ3n) is 4.78. The molecule has 0 aliphatic carbocycles. The fraction of sp³-hybridized carbons (Fsp3) is 0.400. The molecule has 0 saturated carbocycles. The standard InChI is InChI=1S/C20H24N4O2S/c1-25-18-7-3-2-5-16(18)6-4-8-24-15-21-13-17(24)19-14-22-20(27-19)23-9-11-26-12-10-23/h2-3,5,7,13-15H,4,6,8-12H2,1H3. The number of hydrogen-bond donors (Lipinski definition) is 0. The topological polar surface area (TPSA) is 52.4 Å². The van der Waals surface area contributed by atoms with E-state index < -0.39 is 0 Å². The Labute approximate surface area is 163 Å². The number of anilines is 1. The second-order valence-electron chi connectivity index (χ2n) is 6.49. The number of aromatic nitrogens is 3. The first-order chi connectivity index (χ1) is 13.3. The van der Waals surface area contributed by atoms with Gasteiger partial charge in [-0.1, -0.05) is 29.5 Å². The molecule has 4 rings (SSSR count). The molecular weight excluding hydrogens is 360 g/mol. The number of aryl methyl sites for hydroxylation is 2. The maximum Gasteiger partial charge on any atom is 0.186 e. The largest absolute Gasteiger partial charge is 0.496 e. The van der Waals surface area contributed by atoms with Gasteiger partial charge in [-0.25, -0.2) is 9.97 Å². The molecule has 0 amide bonds. The molecule has 0 unspecified atom stereocenters. The summed E-state index contributed by atoms with van der Waals surface area (Å²) < 4.78 is 13.1. The summed E-state index contributed by atoms with van der Waals surface area (Å²) in [5.41, 5.74) is 2.38. The van der Waals surface area contributed by atoms with Crippen LogP contribution in [0.5, 0.6) is 5.75 Å². The van der Waals surface area contributed by atoms with Gasteiger partial charge in [0.25, 0.3) is 0 Å². The molecule has 1 aromatic carbocycles. The van der Waals surface area contributed by atoms with Gasteiger partial charge < -0.3 is 18.9 Å². The van der Waals surface area contributed by atoms with Crippen molar-refractivity contribution in [3.8, 4) is 16.3 Å². The summed E-state index contributed by atoms with van der Waals surface area (Å²) in [6.07, 6.45) is 7.80. The number of rotatable bonds is 7. The normalized spacial score (nSPS) is 14.5. The molecule has 1 fully saturated rings. The van der Waals surface area contributed by atoms with Crippen LogP contribution in [0.25, 0.3) is 10.6 Å². The Morgan fingerprint density at radius 3 is 2.89 bits per heavy atom. The van der Waals surface area contributed by atoms with E-state index in [-0.39, 0.29) is 0 Å². The minimum Gasteiger partial charge on any atom is -0.496 e. The number of morpholine rings is 1. The molecule has 0 radical (unpaired) electrons. The number of nitrogens with zero attached hydrogens (tertiary/aromatic N) is 4. The Bertz CT molecular complexity index is 870. The zero-order chi connectivity index (χ0) is 18.5. The first-order valence-electron chi connectivity index (χ1n) is 9.26. The minimum absolute atomic E-state index is 0.774. The maximum absolute atomic E-state index is 5.45. The van der Waals surface area contributed by atoms with Crippen LogP contribution in [0, 0.1) is 0 Å². The van der Waals surface area contributed by atoms with Gasteiger partial charge in [-0.15, -0.1) is 0 Å². The molecule has 7 heteroatoms. The van der Waals surface area contributed by atoms with E-state index >= 15 is 0 Å². The van der Waals surface area contributed by atoms with E-state index in [1.807, 2.05) is 30.9 Å². The molecule has 3 aromatic rings. The van der Waals surface area contributed by atoms with Gasteiger partial charge in [0.2, 0.25) is 0 Å². The SMILES string of the molecule is COc1ccccc1CCCn1cncc1-c1cnc(N2CCOCC2)s1. The zero-order valence-corrected chi connectivity index (χ0v) is 16.3. The van der Waals surface area contributed by atoms with E-state index in [0.29, 0.717) is 0 Å². The highest BCUT2D eigenvalue weighted by atomic mass is 32.1. The van der Waals surface area contributed by atoms with Crippen LogP contribution in [-0.4, -0.2) is 47.9 Å². The predicted octanol–water partition coefficient (Wildman–Crippen LogP) is 3.48. The van der Waals surface area contributed by atoms with Gasteiger partial charge in [0.1, 0.15) is 5.75 Å². The van der Waals surface area contributed by atoms with Crippen LogP contribution in [-0.2, 0) is 17.7 Å². The van der Waals surface area contributed by atoms with Crippen molar-refractivity contribution in [3.63, 3.8) is 0 Å². The summed E-state index contributed by atoms with van der Waals surface area (Å²) in [7, 11) is 1.72. The lowest BCUT2D eigenvalue weighted by Crippen LogP contribution is -2.36. The highest BCUT2D eigenvalue weighted by Gasteiger charge is 2.16. The number of imidazole rings is 1. The first kappa shape index (κ1) is 18.0. The van der Waals surface area contributed by atoms with E-state index in [1.165, 1.54) is 5.56 Å². The molecular formula is C20H24N4O2S. The predicted molar refractivity (Wildman–Crippen MR) is 108 cm³/mol. The molecule has 2 aromatic heterocycles. The van der Waals surface area contributed by atoms with Crippen molar-refractivity contribution in [2.24, 2.45) is 0 Å². The van der Waals surface area contributed by atoms with Crippen LogP contribution in [0.15, 0.2) is 43.0 Å². The molecule has 0 spiro atoms. The Morgan fingerprint density at radius 1 is 1.19 bits per heavy atom. The molecule has 6 nitrogen and oxygen atoms in total. The number of thiazole rings is 1. The highest BCUT2D eigenvalue weighted by molar-refractivity contribution is 7.18. The summed E-state index contributed by atoms with van der Waals surface area (Å²) in [6, 6.07) is 8.21. The van der Waals surface area contributed by atoms with Gasteiger partial charge in [-0.05, 0) is 24.5 Å². The second-order valence-corrected chi connectivity index (χ2v) is 7.50. The van der Waals surface area contributed by atoms with E-state index in [1.54, 1.807) is 18.4 Å². The van der Waals surface area contributed by atoms with Gasteiger partial charge >= 0.3 is 0 Å². The van der Waals surface area contributed by atoms with Gasteiger partial charge in [0, 0.05) is 25.8 Å². The number of para-hydroxylation sites is 1. The lowest BCUT2D eigenvalue weighted by molar-refractivity contribution is 0.122. The van der Waals surface area contributed by atoms with Crippen molar-refractivity contribution in [2.45, 2.75) is 19.4 Å². The third-order valence-corrected chi connectivity index (χ3v) is 5.86. The van der Waals surface area contributed by atoms with Crippen LogP contribution in [0.2, 0.25) is 0 Å².